The van der Waals surface area contributed by atoms with Crippen LogP contribution in [0.4, 0.5) is 0 Å². The van der Waals surface area contributed by atoms with E-state index >= 15 is 0 Å². The van der Waals surface area contributed by atoms with Gasteiger partial charge in [-0.25, -0.2) is 0 Å². The van der Waals surface area contributed by atoms with E-state index in [1.165, 1.54) is 99.4 Å². The SMILES string of the molecule is Cc1cc(C)cc(-c2c(C)c(C)c(C)[c-]2C[SiH](c2cc(-c3ccccc3)cc(-c3ccccc3)c2)c2cc(-c3ccccc3)cc(-c3ccccc3)c2)c1.[Cl-].[Cl-].[Cl-].[Ti+4]. The monoisotopic (exact) mass is 864 g/mol. The molecule has 8 rings (SSSR count). The van der Waals surface area contributed by atoms with Gasteiger partial charge in [-0.1, -0.05) is 218 Å². The molecule has 0 aromatic heterocycles. The second-order valence-electron chi connectivity index (χ2n) is 15.0. The van der Waals surface area contributed by atoms with E-state index in [1.54, 1.807) is 0 Å². The average molecular weight is 866 g/mol. The number of hydrogen-bond donors (Lipinski definition) is 0. The molecule has 0 aliphatic rings. The van der Waals surface area contributed by atoms with Crippen molar-refractivity contribution in [1.29, 1.82) is 0 Å². The summed E-state index contributed by atoms with van der Waals surface area (Å²) in [7, 11) is -2.00. The van der Waals surface area contributed by atoms with Gasteiger partial charge in [0.05, 0.1) is 8.80 Å². The van der Waals surface area contributed by atoms with Crippen LogP contribution in [0, 0.1) is 34.6 Å². The molecule has 288 valence electrons. The van der Waals surface area contributed by atoms with Crippen molar-refractivity contribution in [2.75, 3.05) is 0 Å². The molecule has 8 aromatic carbocycles. The summed E-state index contributed by atoms with van der Waals surface area (Å²) in [6.45, 7) is 11.5. The zero-order valence-electron chi connectivity index (χ0n) is 33.7. The molecule has 0 atom stereocenters. The zero-order valence-corrected chi connectivity index (χ0v) is 38.6. The molecule has 0 unspecified atom stereocenters. The van der Waals surface area contributed by atoms with E-state index in [0.717, 1.165) is 6.04 Å². The molecule has 0 radical (unpaired) electrons. The van der Waals surface area contributed by atoms with Gasteiger partial charge >= 0.3 is 21.7 Å². The zero-order chi connectivity index (χ0) is 37.2. The van der Waals surface area contributed by atoms with Crippen LogP contribution in [0.2, 0.25) is 0 Å². The molecule has 5 heteroatoms. The molecule has 0 heterocycles. The third-order valence-corrected chi connectivity index (χ3v) is 14.4. The van der Waals surface area contributed by atoms with Gasteiger partial charge in [0, 0.05) is 0 Å². The van der Waals surface area contributed by atoms with Crippen LogP contribution in [-0.4, -0.2) is 8.80 Å². The molecule has 0 spiro atoms. The first kappa shape index (κ1) is 46.4. The van der Waals surface area contributed by atoms with Crippen molar-refractivity contribution in [2.24, 2.45) is 0 Å². The van der Waals surface area contributed by atoms with Gasteiger partial charge in [-0.3, -0.25) is 0 Å². The van der Waals surface area contributed by atoms with Crippen LogP contribution < -0.4 is 47.6 Å². The van der Waals surface area contributed by atoms with Gasteiger partial charge in [-0.15, -0.1) is 16.7 Å². The Morgan fingerprint density at radius 1 is 0.362 bits per heavy atom. The smallest absolute Gasteiger partial charge is 1.00 e. The van der Waals surface area contributed by atoms with E-state index in [9.17, 15) is 0 Å². The third-order valence-electron chi connectivity index (χ3n) is 11.3. The average Bonchev–Trinajstić information content (AvgIpc) is 3.43. The van der Waals surface area contributed by atoms with Gasteiger partial charge in [-0.05, 0) is 70.5 Å². The number of halogens is 3. The van der Waals surface area contributed by atoms with Crippen molar-refractivity contribution in [1.82, 2.24) is 0 Å². The fourth-order valence-electron chi connectivity index (χ4n) is 8.40. The van der Waals surface area contributed by atoms with E-state index in [0.29, 0.717) is 0 Å². The molecular weight excluding hydrogens is 819 g/mol. The molecule has 0 fully saturated rings. The minimum Gasteiger partial charge on any atom is -1.00 e. The molecule has 0 aliphatic carbocycles. The van der Waals surface area contributed by atoms with Crippen LogP contribution >= 0.6 is 0 Å². The number of rotatable bonds is 9. The Morgan fingerprint density at radius 3 is 1.02 bits per heavy atom. The van der Waals surface area contributed by atoms with Crippen LogP contribution in [-0.2, 0) is 27.8 Å². The van der Waals surface area contributed by atoms with Crippen molar-refractivity contribution in [3.63, 3.8) is 0 Å². The maximum Gasteiger partial charge on any atom is 4.00 e. The topological polar surface area (TPSA) is 0 Å². The number of benzene rings is 7. The summed E-state index contributed by atoms with van der Waals surface area (Å²) < 4.78 is 0. The summed E-state index contributed by atoms with van der Waals surface area (Å²) in [5.74, 6) is 0. The summed E-state index contributed by atoms with van der Waals surface area (Å²) >= 11 is 0. The summed E-state index contributed by atoms with van der Waals surface area (Å²) in [4.78, 5) is 0. The second-order valence-corrected chi connectivity index (χ2v) is 17.9. The maximum absolute atomic E-state index is 2.52. The Balaban J connectivity index is 0.00000186. The standard InChI is InChI=1S/C53H47Si.3ClH.Ti/c1-36-26-37(2)28-49(27-36)53-40(5)38(3)39(4)52(53)35-54(50-31-45(41-18-10-6-11-19-41)29-46(32-50)42-20-12-7-13-21-42)51-33-47(43-22-14-8-15-23-43)30-48(34-51)44-24-16-9-17-25-44;;;;/h6-34,54H,35H2,1-5H3;3*1H;/q-1;;;;+4/p-3. The summed E-state index contributed by atoms with van der Waals surface area (Å²) in [5.41, 5.74) is 21.2. The minimum atomic E-state index is -2.00. The van der Waals surface area contributed by atoms with Crippen molar-refractivity contribution in [3.8, 4) is 55.6 Å². The fourth-order valence-corrected chi connectivity index (χ4v) is 11.7. The van der Waals surface area contributed by atoms with Gasteiger partial charge in [0.2, 0.25) is 0 Å². The molecule has 0 saturated carbocycles. The molecule has 0 aliphatic heterocycles. The Morgan fingerprint density at radius 2 is 0.690 bits per heavy atom. The quantitative estimate of drug-likeness (QED) is 0.154. The normalized spacial score (nSPS) is 10.5. The van der Waals surface area contributed by atoms with Crippen molar-refractivity contribution in [2.45, 2.75) is 40.7 Å². The first-order valence-electron chi connectivity index (χ1n) is 19.2. The molecule has 0 nitrogen and oxygen atoms in total. The minimum absolute atomic E-state index is 0. The van der Waals surface area contributed by atoms with Gasteiger partial charge < -0.3 is 37.2 Å². The Labute approximate surface area is 380 Å². The molecule has 0 bridgehead atoms. The summed E-state index contributed by atoms with van der Waals surface area (Å²) in [6.07, 6.45) is 0. The fraction of sp³-hybridized carbons (Fsp3) is 0.113. The first-order valence-corrected chi connectivity index (χ1v) is 21.1. The molecule has 8 aromatic rings. The predicted molar refractivity (Wildman–Crippen MR) is 236 cm³/mol. The van der Waals surface area contributed by atoms with E-state index in [4.69, 9.17) is 0 Å². The van der Waals surface area contributed by atoms with Crippen LogP contribution in [0.1, 0.15) is 33.4 Å². The Kier molecular flexibility index (Phi) is 16.5. The largest absolute Gasteiger partial charge is 4.00 e. The van der Waals surface area contributed by atoms with Crippen LogP contribution in [0.3, 0.4) is 0 Å². The molecule has 58 heavy (non-hydrogen) atoms. The number of hydrogen-bond acceptors (Lipinski definition) is 0. The molecule has 0 N–H and O–H groups in total. The van der Waals surface area contributed by atoms with Gasteiger partial charge in [0.25, 0.3) is 0 Å². The van der Waals surface area contributed by atoms with E-state index < -0.39 is 8.80 Å². The first-order chi connectivity index (χ1) is 26.3. The van der Waals surface area contributed by atoms with Crippen molar-refractivity contribution >= 4 is 19.2 Å². The number of aryl methyl sites for hydroxylation is 2. The van der Waals surface area contributed by atoms with Gasteiger partial charge in [0.15, 0.2) is 0 Å². The molecular formula is C53H47Cl3SiTi. The van der Waals surface area contributed by atoms with E-state index in [1.807, 2.05) is 0 Å². The Bertz CT molecular complexity index is 2300. The Hall–Kier alpha value is -4.31. The maximum atomic E-state index is 2.52. The van der Waals surface area contributed by atoms with Gasteiger partial charge in [-0.2, -0.15) is 11.1 Å². The second kappa shape index (κ2) is 20.6. The van der Waals surface area contributed by atoms with E-state index in [-0.39, 0.29) is 58.9 Å². The van der Waals surface area contributed by atoms with Crippen LogP contribution in [0.25, 0.3) is 55.6 Å². The van der Waals surface area contributed by atoms with Crippen molar-refractivity contribution < 1.29 is 58.9 Å². The summed E-state index contributed by atoms with van der Waals surface area (Å²) in [6, 6.07) is 66.6. The third kappa shape index (κ3) is 9.92. The van der Waals surface area contributed by atoms with E-state index in [2.05, 4.69) is 211 Å². The van der Waals surface area contributed by atoms with Crippen LogP contribution in [0.15, 0.2) is 176 Å². The molecule has 0 amide bonds. The predicted octanol–water partition coefficient (Wildman–Crippen LogP) is 3.42. The molecule has 0 saturated heterocycles. The summed E-state index contributed by atoms with van der Waals surface area (Å²) in [5, 5.41) is 2.92. The van der Waals surface area contributed by atoms with Gasteiger partial charge in [0.1, 0.15) is 0 Å². The van der Waals surface area contributed by atoms with Crippen molar-refractivity contribution in [3.05, 3.63) is 209 Å². The van der Waals surface area contributed by atoms with Crippen LogP contribution in [0.5, 0.6) is 0 Å².